The lowest BCUT2D eigenvalue weighted by molar-refractivity contribution is 0.248. The molecule has 1 aliphatic rings. The van der Waals surface area contributed by atoms with E-state index in [4.69, 9.17) is 5.73 Å². The molecule has 0 heterocycles. The van der Waals surface area contributed by atoms with E-state index in [9.17, 15) is 8.42 Å². The van der Waals surface area contributed by atoms with Crippen LogP contribution in [0.3, 0.4) is 0 Å². The highest BCUT2D eigenvalue weighted by atomic mass is 79.9. The largest absolute Gasteiger partial charge is 0.398 e. The van der Waals surface area contributed by atoms with E-state index >= 15 is 0 Å². The molecule has 0 atom stereocenters. The van der Waals surface area contributed by atoms with Gasteiger partial charge in [-0.25, -0.2) is 13.1 Å². The Morgan fingerprint density at radius 3 is 2.53 bits per heavy atom. The minimum absolute atomic E-state index is 0.147. The van der Waals surface area contributed by atoms with E-state index in [2.05, 4.69) is 20.7 Å². The van der Waals surface area contributed by atoms with Gasteiger partial charge in [0.1, 0.15) is 4.90 Å². The molecule has 0 bridgehead atoms. The number of nitrogens with one attached hydrogen (secondary N) is 1. The third kappa shape index (κ3) is 2.64. The Kier molecular flexibility index (Phi) is 3.22. The van der Waals surface area contributed by atoms with Crippen molar-refractivity contribution in [2.75, 3.05) is 5.73 Å². The molecule has 2 rings (SSSR count). The number of halogens is 1. The molecule has 4 nitrogen and oxygen atoms in total. The van der Waals surface area contributed by atoms with Crippen LogP contribution in [-0.2, 0) is 10.0 Å². The fourth-order valence-corrected chi connectivity index (χ4v) is 3.91. The van der Waals surface area contributed by atoms with Crippen molar-refractivity contribution in [3.63, 3.8) is 0 Å². The molecule has 1 saturated carbocycles. The first-order chi connectivity index (χ1) is 7.82. The second kappa shape index (κ2) is 4.26. The third-order valence-corrected chi connectivity index (χ3v) is 5.30. The van der Waals surface area contributed by atoms with E-state index in [0.29, 0.717) is 0 Å². The van der Waals surface area contributed by atoms with Crippen LogP contribution in [0.2, 0.25) is 0 Å². The van der Waals surface area contributed by atoms with Crippen LogP contribution in [0.25, 0.3) is 0 Å². The zero-order chi connectivity index (χ0) is 12.7. The van der Waals surface area contributed by atoms with Gasteiger partial charge in [-0.3, -0.25) is 0 Å². The van der Waals surface area contributed by atoms with E-state index in [1.807, 2.05) is 6.92 Å². The summed E-state index contributed by atoms with van der Waals surface area (Å²) in [4.78, 5) is 0.147. The van der Waals surface area contributed by atoms with E-state index in [-0.39, 0.29) is 16.1 Å². The van der Waals surface area contributed by atoms with Crippen LogP contribution in [0.4, 0.5) is 5.69 Å². The van der Waals surface area contributed by atoms with E-state index in [0.717, 1.165) is 23.7 Å². The van der Waals surface area contributed by atoms with Crippen LogP contribution in [0.5, 0.6) is 0 Å². The fraction of sp³-hybridized carbons (Fsp3) is 0.455. The van der Waals surface area contributed by atoms with Gasteiger partial charge < -0.3 is 5.73 Å². The Balaban J connectivity index is 2.31. The summed E-state index contributed by atoms with van der Waals surface area (Å²) in [6.07, 6.45) is 2.82. The predicted molar refractivity (Wildman–Crippen MR) is 71.1 cm³/mol. The smallest absolute Gasteiger partial charge is 0.243 e. The van der Waals surface area contributed by atoms with Crippen molar-refractivity contribution in [1.29, 1.82) is 0 Å². The minimum Gasteiger partial charge on any atom is -0.398 e. The summed E-state index contributed by atoms with van der Waals surface area (Å²) >= 11 is 3.25. The number of anilines is 1. The summed E-state index contributed by atoms with van der Waals surface area (Å²) in [5.74, 6) is 0. The molecule has 1 fully saturated rings. The average Bonchev–Trinajstić information content (AvgIpc) is 2.13. The maximum absolute atomic E-state index is 12.2. The Bertz CT molecular complexity index is 538. The zero-order valence-electron chi connectivity index (χ0n) is 9.53. The van der Waals surface area contributed by atoms with Gasteiger partial charge in [0, 0.05) is 10.0 Å². The monoisotopic (exact) mass is 318 g/mol. The topological polar surface area (TPSA) is 72.2 Å². The molecule has 1 aliphatic carbocycles. The molecule has 1 aromatic carbocycles. The molecule has 6 heteroatoms. The molecular weight excluding hydrogens is 304 g/mol. The molecule has 17 heavy (non-hydrogen) atoms. The van der Waals surface area contributed by atoms with E-state index < -0.39 is 10.0 Å². The summed E-state index contributed by atoms with van der Waals surface area (Å²) in [5, 5.41) is 0. The summed E-state index contributed by atoms with van der Waals surface area (Å²) in [6, 6.07) is 4.79. The first-order valence-corrected chi connectivity index (χ1v) is 7.69. The second-order valence-electron chi connectivity index (χ2n) is 4.70. The number of nitrogens with two attached hydrogens (primary N) is 1. The number of hydrogen-bond donors (Lipinski definition) is 2. The van der Waals surface area contributed by atoms with Crippen LogP contribution in [0.1, 0.15) is 26.2 Å². The highest BCUT2D eigenvalue weighted by molar-refractivity contribution is 9.10. The van der Waals surface area contributed by atoms with E-state index in [1.165, 1.54) is 6.07 Å². The van der Waals surface area contributed by atoms with Crippen molar-refractivity contribution < 1.29 is 8.42 Å². The maximum atomic E-state index is 12.2. The maximum Gasteiger partial charge on any atom is 0.243 e. The third-order valence-electron chi connectivity index (χ3n) is 3.10. The molecule has 0 aliphatic heterocycles. The zero-order valence-corrected chi connectivity index (χ0v) is 11.9. The Morgan fingerprint density at radius 2 is 2.06 bits per heavy atom. The minimum atomic E-state index is -3.52. The normalized spacial score (nSPS) is 18.7. The molecular formula is C11H15BrN2O2S. The average molecular weight is 319 g/mol. The van der Waals surface area contributed by atoms with E-state index in [1.54, 1.807) is 12.1 Å². The van der Waals surface area contributed by atoms with Gasteiger partial charge in [-0.15, -0.1) is 0 Å². The van der Waals surface area contributed by atoms with Crippen LogP contribution in [0, 0.1) is 0 Å². The lowest BCUT2D eigenvalue weighted by Gasteiger charge is -2.38. The van der Waals surface area contributed by atoms with Gasteiger partial charge in [0.15, 0.2) is 0 Å². The first kappa shape index (κ1) is 12.9. The van der Waals surface area contributed by atoms with Crippen molar-refractivity contribution in [2.24, 2.45) is 0 Å². The first-order valence-electron chi connectivity index (χ1n) is 5.41. The van der Waals surface area contributed by atoms with Gasteiger partial charge in [0.05, 0.1) is 5.69 Å². The quantitative estimate of drug-likeness (QED) is 0.840. The van der Waals surface area contributed by atoms with Gasteiger partial charge in [-0.05, 0) is 44.4 Å². The van der Waals surface area contributed by atoms with Crippen molar-refractivity contribution in [3.05, 3.63) is 22.7 Å². The van der Waals surface area contributed by atoms with Crippen molar-refractivity contribution in [1.82, 2.24) is 4.72 Å². The van der Waals surface area contributed by atoms with Crippen molar-refractivity contribution in [3.8, 4) is 0 Å². The predicted octanol–water partition coefficient (Wildman–Crippen LogP) is 2.25. The summed E-state index contributed by atoms with van der Waals surface area (Å²) in [7, 11) is -3.52. The molecule has 0 amide bonds. The van der Waals surface area contributed by atoms with Gasteiger partial charge >= 0.3 is 0 Å². The molecule has 1 aromatic rings. The Labute approximate surface area is 110 Å². The molecule has 0 radical (unpaired) electrons. The van der Waals surface area contributed by atoms with Crippen LogP contribution < -0.4 is 10.5 Å². The lowest BCUT2D eigenvalue weighted by Crippen LogP contribution is -2.50. The molecule has 0 saturated heterocycles. The highest BCUT2D eigenvalue weighted by Crippen LogP contribution is 2.33. The second-order valence-corrected chi connectivity index (χ2v) is 7.27. The molecule has 0 spiro atoms. The van der Waals surface area contributed by atoms with Gasteiger partial charge in [0.2, 0.25) is 10.0 Å². The fourth-order valence-electron chi connectivity index (χ4n) is 1.95. The number of nitrogen functional groups attached to an aromatic ring is 1. The number of rotatable bonds is 3. The number of benzene rings is 1. The number of sulfonamides is 1. The highest BCUT2D eigenvalue weighted by Gasteiger charge is 2.36. The molecule has 0 unspecified atom stereocenters. The number of hydrogen-bond acceptors (Lipinski definition) is 3. The van der Waals surface area contributed by atoms with Gasteiger partial charge in [-0.1, -0.05) is 15.9 Å². The Hall–Kier alpha value is -0.590. The standard InChI is InChI=1S/C11H15BrN2O2S/c1-11(5-2-6-11)14-17(15,16)10-4-3-8(12)7-9(10)13/h3-4,7,14H,2,5-6,13H2,1H3. The summed E-state index contributed by atoms with van der Waals surface area (Å²) in [5.41, 5.74) is 5.69. The molecule has 3 N–H and O–H groups in total. The Morgan fingerprint density at radius 1 is 1.41 bits per heavy atom. The van der Waals surface area contributed by atoms with Gasteiger partial charge in [-0.2, -0.15) is 0 Å². The van der Waals surface area contributed by atoms with Crippen LogP contribution in [-0.4, -0.2) is 14.0 Å². The van der Waals surface area contributed by atoms with Crippen LogP contribution in [0.15, 0.2) is 27.6 Å². The molecule has 94 valence electrons. The SMILES string of the molecule is CC1(NS(=O)(=O)c2ccc(Br)cc2N)CCC1. The van der Waals surface area contributed by atoms with Gasteiger partial charge in [0.25, 0.3) is 0 Å². The summed E-state index contributed by atoms with van der Waals surface area (Å²) in [6.45, 7) is 1.92. The van der Waals surface area contributed by atoms with Crippen LogP contribution >= 0.6 is 15.9 Å². The summed E-state index contributed by atoms with van der Waals surface area (Å²) < 4.78 is 27.8. The van der Waals surface area contributed by atoms with Crippen molar-refractivity contribution >= 4 is 31.6 Å². The lowest BCUT2D eigenvalue weighted by atomic mass is 9.80. The van der Waals surface area contributed by atoms with Crippen molar-refractivity contribution in [2.45, 2.75) is 36.6 Å². The molecule has 0 aromatic heterocycles.